The molecule has 0 unspecified atom stereocenters. The zero-order valence-electron chi connectivity index (χ0n) is 15.6. The predicted molar refractivity (Wildman–Crippen MR) is 110 cm³/mol. The van der Waals surface area contributed by atoms with Crippen LogP contribution >= 0.6 is 11.6 Å². The lowest BCUT2D eigenvalue weighted by atomic mass is 10.1. The van der Waals surface area contributed by atoms with Gasteiger partial charge < -0.3 is 4.74 Å². The molecule has 0 aliphatic heterocycles. The highest BCUT2D eigenvalue weighted by Crippen LogP contribution is 2.25. The van der Waals surface area contributed by atoms with Gasteiger partial charge in [-0.1, -0.05) is 37.1 Å². The number of ether oxygens (including phenoxy) is 1. The monoisotopic (exact) mass is 383 g/mol. The molecule has 0 aliphatic carbocycles. The van der Waals surface area contributed by atoms with Crippen LogP contribution in [-0.4, -0.2) is 22.6 Å². The minimum atomic E-state index is -0.128. The minimum absolute atomic E-state index is 0.128. The molecule has 0 radical (unpaired) electrons. The first-order chi connectivity index (χ1) is 13.0. The van der Waals surface area contributed by atoms with E-state index in [0.717, 1.165) is 30.0 Å². The highest BCUT2D eigenvalue weighted by atomic mass is 35.5. The number of nitrogens with zero attached hydrogens (tertiary/aromatic N) is 2. The van der Waals surface area contributed by atoms with E-state index in [4.69, 9.17) is 16.3 Å². The third-order valence-electron chi connectivity index (χ3n) is 4.30. The van der Waals surface area contributed by atoms with Crippen molar-refractivity contribution < 1.29 is 4.74 Å². The molecule has 5 nitrogen and oxygen atoms in total. The van der Waals surface area contributed by atoms with Crippen LogP contribution in [0.5, 0.6) is 5.75 Å². The number of halogens is 1. The first kappa shape index (κ1) is 19.0. The van der Waals surface area contributed by atoms with Crippen molar-refractivity contribution in [1.82, 2.24) is 9.78 Å². The Morgan fingerprint density at radius 3 is 2.52 bits per heavy atom. The quantitative estimate of drug-likeness (QED) is 0.614. The molecule has 0 saturated carbocycles. The SMILES string of the molecule is CCCc1[nH]n(-c2ccc(OC)cc2)c(=O)c1C(C)=Nc1ccccc1Cl. The molecule has 0 saturated heterocycles. The molecule has 140 valence electrons. The van der Waals surface area contributed by atoms with Crippen LogP contribution in [-0.2, 0) is 6.42 Å². The van der Waals surface area contributed by atoms with Crippen LogP contribution in [0.3, 0.4) is 0 Å². The molecule has 3 aromatic rings. The van der Waals surface area contributed by atoms with Gasteiger partial charge in [0.25, 0.3) is 5.56 Å². The average molecular weight is 384 g/mol. The molecule has 0 aliphatic rings. The van der Waals surface area contributed by atoms with Crippen molar-refractivity contribution in [2.75, 3.05) is 7.11 Å². The van der Waals surface area contributed by atoms with E-state index in [1.54, 1.807) is 17.9 Å². The predicted octanol–water partition coefficient (Wildman–Crippen LogP) is 4.92. The highest BCUT2D eigenvalue weighted by Gasteiger charge is 2.17. The lowest BCUT2D eigenvalue weighted by Gasteiger charge is -2.03. The van der Waals surface area contributed by atoms with Gasteiger partial charge in [0, 0.05) is 5.69 Å². The van der Waals surface area contributed by atoms with E-state index in [2.05, 4.69) is 17.0 Å². The Morgan fingerprint density at radius 1 is 1.19 bits per heavy atom. The van der Waals surface area contributed by atoms with Gasteiger partial charge in [-0.3, -0.25) is 14.9 Å². The van der Waals surface area contributed by atoms with Gasteiger partial charge in [-0.25, -0.2) is 4.68 Å². The molecule has 1 aromatic heterocycles. The van der Waals surface area contributed by atoms with Crippen LogP contribution in [0.4, 0.5) is 5.69 Å². The average Bonchev–Trinajstić information content (AvgIpc) is 3.00. The van der Waals surface area contributed by atoms with Crippen LogP contribution < -0.4 is 10.3 Å². The van der Waals surface area contributed by atoms with Crippen LogP contribution in [0, 0.1) is 0 Å². The van der Waals surface area contributed by atoms with Gasteiger partial charge in [0.2, 0.25) is 0 Å². The van der Waals surface area contributed by atoms with Gasteiger partial charge in [-0.05, 0) is 49.7 Å². The summed E-state index contributed by atoms with van der Waals surface area (Å²) in [6.07, 6.45) is 1.66. The van der Waals surface area contributed by atoms with Crippen molar-refractivity contribution in [3.8, 4) is 11.4 Å². The minimum Gasteiger partial charge on any atom is -0.497 e. The number of para-hydroxylation sites is 1. The third-order valence-corrected chi connectivity index (χ3v) is 4.62. The third kappa shape index (κ3) is 3.98. The number of hydrogen-bond donors (Lipinski definition) is 1. The van der Waals surface area contributed by atoms with Gasteiger partial charge in [0.1, 0.15) is 5.75 Å². The van der Waals surface area contributed by atoms with Crippen molar-refractivity contribution in [3.05, 3.63) is 75.2 Å². The zero-order chi connectivity index (χ0) is 19.4. The Balaban J connectivity index is 2.10. The smallest absolute Gasteiger partial charge is 0.280 e. The molecule has 27 heavy (non-hydrogen) atoms. The summed E-state index contributed by atoms with van der Waals surface area (Å²) in [5, 5.41) is 3.79. The molecule has 1 N–H and O–H groups in total. The molecule has 3 rings (SSSR count). The number of nitrogens with one attached hydrogen (secondary N) is 1. The van der Waals surface area contributed by atoms with E-state index >= 15 is 0 Å². The van der Waals surface area contributed by atoms with Gasteiger partial charge in [0.15, 0.2) is 0 Å². The van der Waals surface area contributed by atoms with Crippen molar-refractivity contribution in [2.45, 2.75) is 26.7 Å². The molecule has 0 fully saturated rings. The van der Waals surface area contributed by atoms with Crippen LogP contribution in [0.15, 0.2) is 58.3 Å². The van der Waals surface area contributed by atoms with Crippen LogP contribution in [0.1, 0.15) is 31.5 Å². The summed E-state index contributed by atoms with van der Waals surface area (Å²) in [7, 11) is 1.61. The summed E-state index contributed by atoms with van der Waals surface area (Å²) >= 11 is 6.22. The van der Waals surface area contributed by atoms with E-state index in [-0.39, 0.29) is 5.56 Å². The fraction of sp³-hybridized carbons (Fsp3) is 0.238. The van der Waals surface area contributed by atoms with Crippen molar-refractivity contribution in [1.29, 1.82) is 0 Å². The Kier molecular flexibility index (Phi) is 5.81. The lowest BCUT2D eigenvalue weighted by molar-refractivity contribution is 0.414. The van der Waals surface area contributed by atoms with E-state index in [0.29, 0.717) is 22.0 Å². The number of hydrogen-bond acceptors (Lipinski definition) is 3. The molecule has 0 amide bonds. The normalized spacial score (nSPS) is 11.6. The summed E-state index contributed by atoms with van der Waals surface area (Å²) < 4.78 is 6.74. The number of aromatic nitrogens is 2. The van der Waals surface area contributed by atoms with Gasteiger partial charge >= 0.3 is 0 Å². The number of aryl methyl sites for hydroxylation is 1. The molecule has 6 heteroatoms. The number of aliphatic imine (C=N–C) groups is 1. The highest BCUT2D eigenvalue weighted by molar-refractivity contribution is 6.33. The topological polar surface area (TPSA) is 59.4 Å². The van der Waals surface area contributed by atoms with E-state index in [9.17, 15) is 4.79 Å². The maximum Gasteiger partial charge on any atom is 0.280 e. The first-order valence-electron chi connectivity index (χ1n) is 8.83. The molecule has 0 atom stereocenters. The second-order valence-electron chi connectivity index (χ2n) is 6.20. The Bertz CT molecular complexity index is 1020. The Hall–Kier alpha value is -2.79. The summed E-state index contributed by atoms with van der Waals surface area (Å²) in [5.74, 6) is 0.740. The molecular formula is C21H22ClN3O2. The second-order valence-corrected chi connectivity index (χ2v) is 6.61. The molecule has 1 heterocycles. The van der Waals surface area contributed by atoms with Gasteiger partial charge in [0.05, 0.1) is 34.8 Å². The summed E-state index contributed by atoms with van der Waals surface area (Å²) in [5.41, 5.74) is 3.36. The molecule has 0 bridgehead atoms. The zero-order valence-corrected chi connectivity index (χ0v) is 16.4. The number of methoxy groups -OCH3 is 1. The number of rotatable bonds is 6. The summed E-state index contributed by atoms with van der Waals surface area (Å²) in [6.45, 7) is 3.92. The van der Waals surface area contributed by atoms with E-state index in [1.165, 1.54) is 0 Å². The largest absolute Gasteiger partial charge is 0.497 e. The van der Waals surface area contributed by atoms with Gasteiger partial charge in [-0.2, -0.15) is 0 Å². The van der Waals surface area contributed by atoms with Crippen molar-refractivity contribution in [2.24, 2.45) is 4.99 Å². The molecule has 0 spiro atoms. The maximum absolute atomic E-state index is 13.1. The number of aromatic amines is 1. The fourth-order valence-electron chi connectivity index (χ4n) is 2.98. The Labute approximate surface area is 163 Å². The van der Waals surface area contributed by atoms with Gasteiger partial charge in [-0.15, -0.1) is 0 Å². The maximum atomic E-state index is 13.1. The van der Waals surface area contributed by atoms with Crippen molar-refractivity contribution >= 4 is 23.0 Å². The Morgan fingerprint density at radius 2 is 1.89 bits per heavy atom. The molecule has 2 aromatic carbocycles. The van der Waals surface area contributed by atoms with E-state index < -0.39 is 0 Å². The second kappa shape index (κ2) is 8.27. The molecular weight excluding hydrogens is 362 g/mol. The number of benzene rings is 2. The number of H-pyrrole nitrogens is 1. The van der Waals surface area contributed by atoms with Crippen molar-refractivity contribution in [3.63, 3.8) is 0 Å². The lowest BCUT2D eigenvalue weighted by Crippen LogP contribution is -2.19. The van der Waals surface area contributed by atoms with Crippen LogP contribution in [0.2, 0.25) is 5.02 Å². The van der Waals surface area contributed by atoms with Crippen LogP contribution in [0.25, 0.3) is 5.69 Å². The van der Waals surface area contributed by atoms with E-state index in [1.807, 2.05) is 49.4 Å². The summed E-state index contributed by atoms with van der Waals surface area (Å²) in [4.78, 5) is 17.7. The standard InChI is InChI=1S/C21H22ClN3O2/c1-4-7-19-20(14(2)23-18-9-6-5-8-17(18)22)21(26)25(24-19)15-10-12-16(27-3)13-11-15/h5-6,8-13,24H,4,7H2,1-3H3. The summed E-state index contributed by atoms with van der Waals surface area (Å²) in [6, 6.07) is 14.7. The first-order valence-corrected chi connectivity index (χ1v) is 9.21. The fourth-order valence-corrected chi connectivity index (χ4v) is 3.16.